The Balaban J connectivity index is 2.57. The van der Waals surface area contributed by atoms with Crippen molar-refractivity contribution in [2.45, 2.75) is 25.8 Å². The Morgan fingerprint density at radius 3 is 2.58 bits per heavy atom. The number of ether oxygens (including phenoxy) is 1. The molecule has 0 aromatic carbocycles. The first kappa shape index (κ1) is 9.03. The molecule has 1 heterocycles. The molecule has 0 saturated carbocycles. The van der Waals surface area contributed by atoms with Gasteiger partial charge < -0.3 is 9.64 Å². The van der Waals surface area contributed by atoms with E-state index < -0.39 is 11.9 Å². The molecule has 0 N–H and O–H groups in total. The monoisotopic (exact) mass is 171 g/mol. The summed E-state index contributed by atoms with van der Waals surface area (Å²) in [5.41, 5.74) is 0. The van der Waals surface area contributed by atoms with Crippen LogP contribution in [-0.2, 0) is 14.3 Å². The van der Waals surface area contributed by atoms with Crippen LogP contribution in [0.3, 0.4) is 0 Å². The first-order valence-corrected chi connectivity index (χ1v) is 4.05. The van der Waals surface area contributed by atoms with E-state index in [1.54, 1.807) is 4.90 Å². The molecule has 0 aromatic rings. The standard InChI is InChI=1S/C8H13NO3/c1-6-4-3-5-9(6)7(10)8(11)12-2/h6H,3-5H2,1-2H3. The fraction of sp³-hybridized carbons (Fsp3) is 0.750. The van der Waals surface area contributed by atoms with Gasteiger partial charge in [0.2, 0.25) is 0 Å². The molecule has 68 valence electrons. The molecular weight excluding hydrogens is 158 g/mol. The van der Waals surface area contributed by atoms with Crippen LogP contribution in [0.15, 0.2) is 0 Å². The lowest BCUT2D eigenvalue weighted by Gasteiger charge is -2.19. The molecule has 0 spiro atoms. The Labute approximate surface area is 71.5 Å². The van der Waals surface area contributed by atoms with Gasteiger partial charge in [-0.2, -0.15) is 0 Å². The van der Waals surface area contributed by atoms with E-state index in [9.17, 15) is 9.59 Å². The van der Waals surface area contributed by atoms with Gasteiger partial charge in [-0.25, -0.2) is 4.79 Å². The van der Waals surface area contributed by atoms with Crippen LogP contribution in [0.1, 0.15) is 19.8 Å². The molecule has 1 fully saturated rings. The minimum Gasteiger partial charge on any atom is -0.462 e. The van der Waals surface area contributed by atoms with Crippen LogP contribution in [0, 0.1) is 0 Å². The van der Waals surface area contributed by atoms with Crippen LogP contribution in [-0.4, -0.2) is 36.5 Å². The van der Waals surface area contributed by atoms with Crippen molar-refractivity contribution in [3.63, 3.8) is 0 Å². The van der Waals surface area contributed by atoms with Crippen molar-refractivity contribution in [3.8, 4) is 0 Å². The van der Waals surface area contributed by atoms with Crippen molar-refractivity contribution in [3.05, 3.63) is 0 Å². The van der Waals surface area contributed by atoms with Crippen molar-refractivity contribution < 1.29 is 14.3 Å². The molecular formula is C8H13NO3. The largest absolute Gasteiger partial charge is 0.462 e. The normalized spacial score (nSPS) is 22.5. The first-order chi connectivity index (χ1) is 5.66. The van der Waals surface area contributed by atoms with Crippen LogP contribution >= 0.6 is 0 Å². The molecule has 4 heteroatoms. The van der Waals surface area contributed by atoms with Gasteiger partial charge in [-0.05, 0) is 19.8 Å². The molecule has 4 nitrogen and oxygen atoms in total. The lowest BCUT2D eigenvalue weighted by atomic mass is 10.2. The highest BCUT2D eigenvalue weighted by molar-refractivity contribution is 6.32. The highest BCUT2D eigenvalue weighted by Crippen LogP contribution is 2.16. The second-order valence-corrected chi connectivity index (χ2v) is 2.98. The molecule has 1 rings (SSSR count). The Hall–Kier alpha value is -1.06. The SMILES string of the molecule is COC(=O)C(=O)N1CCCC1C. The summed E-state index contributed by atoms with van der Waals surface area (Å²) in [5.74, 6) is -1.27. The zero-order chi connectivity index (χ0) is 9.14. The van der Waals surface area contributed by atoms with Crippen molar-refractivity contribution in [2.75, 3.05) is 13.7 Å². The number of likely N-dealkylation sites (tertiary alicyclic amines) is 1. The zero-order valence-corrected chi connectivity index (χ0v) is 7.37. The number of carbonyl (C=O) groups is 2. The minimum absolute atomic E-state index is 0.177. The average Bonchev–Trinajstić information content (AvgIpc) is 2.48. The van der Waals surface area contributed by atoms with Gasteiger partial charge in [0.25, 0.3) is 0 Å². The fourth-order valence-electron chi connectivity index (χ4n) is 1.44. The molecule has 0 radical (unpaired) electrons. The van der Waals surface area contributed by atoms with Gasteiger partial charge in [-0.1, -0.05) is 0 Å². The van der Waals surface area contributed by atoms with Gasteiger partial charge in [0.15, 0.2) is 0 Å². The predicted octanol–water partition coefficient (Wildman–Crippen LogP) is 0.170. The molecule has 1 aliphatic rings. The number of methoxy groups -OCH3 is 1. The first-order valence-electron chi connectivity index (χ1n) is 4.05. The minimum atomic E-state index is -0.760. The Morgan fingerprint density at radius 2 is 2.17 bits per heavy atom. The lowest BCUT2D eigenvalue weighted by molar-refractivity contribution is -0.158. The number of nitrogens with zero attached hydrogens (tertiary/aromatic N) is 1. The summed E-state index contributed by atoms with van der Waals surface area (Å²) in [7, 11) is 1.22. The summed E-state index contributed by atoms with van der Waals surface area (Å²) in [6.45, 7) is 2.61. The maximum absolute atomic E-state index is 11.2. The summed E-state index contributed by atoms with van der Waals surface area (Å²) in [5, 5.41) is 0. The number of hydrogen-bond donors (Lipinski definition) is 0. The number of amides is 1. The highest BCUT2D eigenvalue weighted by atomic mass is 16.5. The quantitative estimate of drug-likeness (QED) is 0.385. The lowest BCUT2D eigenvalue weighted by Crippen LogP contribution is -2.39. The van der Waals surface area contributed by atoms with Crippen LogP contribution in [0.25, 0.3) is 0 Å². The molecule has 1 aliphatic heterocycles. The summed E-state index contributed by atoms with van der Waals surface area (Å²) < 4.78 is 4.34. The fourth-order valence-corrected chi connectivity index (χ4v) is 1.44. The number of hydrogen-bond acceptors (Lipinski definition) is 3. The van der Waals surface area contributed by atoms with Gasteiger partial charge in [0.05, 0.1) is 7.11 Å². The van der Waals surface area contributed by atoms with Gasteiger partial charge in [-0.15, -0.1) is 0 Å². The molecule has 1 unspecified atom stereocenters. The smallest absolute Gasteiger partial charge is 0.396 e. The maximum Gasteiger partial charge on any atom is 0.396 e. The molecule has 0 aromatic heterocycles. The summed E-state index contributed by atoms with van der Waals surface area (Å²) >= 11 is 0. The molecule has 1 amide bonds. The van der Waals surface area contributed by atoms with Crippen LogP contribution < -0.4 is 0 Å². The number of esters is 1. The van der Waals surface area contributed by atoms with Gasteiger partial charge in [0, 0.05) is 12.6 Å². The van der Waals surface area contributed by atoms with E-state index in [4.69, 9.17) is 0 Å². The topological polar surface area (TPSA) is 46.6 Å². The van der Waals surface area contributed by atoms with Crippen molar-refractivity contribution in [2.24, 2.45) is 0 Å². The van der Waals surface area contributed by atoms with Gasteiger partial charge in [-0.3, -0.25) is 4.79 Å². The summed E-state index contributed by atoms with van der Waals surface area (Å²) in [6, 6.07) is 0.177. The third-order valence-electron chi connectivity index (χ3n) is 2.17. The van der Waals surface area contributed by atoms with E-state index in [1.165, 1.54) is 7.11 Å². The van der Waals surface area contributed by atoms with Gasteiger partial charge in [0.1, 0.15) is 0 Å². The molecule has 1 saturated heterocycles. The van der Waals surface area contributed by atoms with E-state index in [1.807, 2.05) is 6.92 Å². The molecule has 1 atom stereocenters. The summed E-state index contributed by atoms with van der Waals surface area (Å²) in [6.07, 6.45) is 1.95. The average molecular weight is 171 g/mol. The third kappa shape index (κ3) is 1.57. The molecule has 12 heavy (non-hydrogen) atoms. The Morgan fingerprint density at radius 1 is 1.50 bits per heavy atom. The van der Waals surface area contributed by atoms with Crippen LogP contribution in [0.4, 0.5) is 0 Å². The Bertz CT molecular complexity index is 202. The Kier molecular flexibility index (Phi) is 2.68. The van der Waals surface area contributed by atoms with E-state index in [-0.39, 0.29) is 6.04 Å². The van der Waals surface area contributed by atoms with Crippen molar-refractivity contribution >= 4 is 11.9 Å². The third-order valence-corrected chi connectivity index (χ3v) is 2.17. The molecule has 0 bridgehead atoms. The maximum atomic E-state index is 11.2. The second kappa shape index (κ2) is 3.56. The van der Waals surface area contributed by atoms with E-state index in [2.05, 4.69) is 4.74 Å². The predicted molar refractivity (Wildman–Crippen MR) is 42.4 cm³/mol. The van der Waals surface area contributed by atoms with Crippen molar-refractivity contribution in [1.29, 1.82) is 0 Å². The van der Waals surface area contributed by atoms with Crippen molar-refractivity contribution in [1.82, 2.24) is 4.90 Å². The zero-order valence-electron chi connectivity index (χ0n) is 7.37. The highest BCUT2D eigenvalue weighted by Gasteiger charge is 2.29. The van der Waals surface area contributed by atoms with E-state index >= 15 is 0 Å². The molecule has 0 aliphatic carbocycles. The summed E-state index contributed by atoms with van der Waals surface area (Å²) in [4.78, 5) is 23.6. The number of carbonyl (C=O) groups excluding carboxylic acids is 2. The second-order valence-electron chi connectivity index (χ2n) is 2.98. The van der Waals surface area contributed by atoms with Crippen LogP contribution in [0.2, 0.25) is 0 Å². The van der Waals surface area contributed by atoms with E-state index in [0.29, 0.717) is 6.54 Å². The van der Waals surface area contributed by atoms with Crippen LogP contribution in [0.5, 0.6) is 0 Å². The van der Waals surface area contributed by atoms with Gasteiger partial charge >= 0.3 is 11.9 Å². The number of rotatable bonds is 0. The van der Waals surface area contributed by atoms with E-state index in [0.717, 1.165) is 12.8 Å².